The van der Waals surface area contributed by atoms with Gasteiger partial charge in [-0.3, -0.25) is 4.79 Å². The minimum atomic E-state index is -0.172. The van der Waals surface area contributed by atoms with E-state index in [4.69, 9.17) is 0 Å². The predicted molar refractivity (Wildman–Crippen MR) is 76.1 cm³/mol. The molecule has 0 aliphatic carbocycles. The van der Waals surface area contributed by atoms with E-state index in [-0.39, 0.29) is 5.56 Å². The number of aromatic nitrogens is 3. The van der Waals surface area contributed by atoms with Crippen molar-refractivity contribution in [3.63, 3.8) is 0 Å². The summed E-state index contributed by atoms with van der Waals surface area (Å²) >= 11 is 1.53. The van der Waals surface area contributed by atoms with Crippen LogP contribution in [0.2, 0.25) is 0 Å². The molecule has 2 heterocycles. The largest absolute Gasteiger partial charge is 0.305 e. The van der Waals surface area contributed by atoms with Crippen LogP contribution in [-0.4, -0.2) is 15.0 Å². The molecule has 0 unspecified atom stereocenters. The highest BCUT2D eigenvalue weighted by atomic mass is 32.1. The summed E-state index contributed by atoms with van der Waals surface area (Å²) < 4.78 is 0. The van der Waals surface area contributed by atoms with Gasteiger partial charge in [0.1, 0.15) is 5.69 Å². The summed E-state index contributed by atoms with van der Waals surface area (Å²) in [6.45, 7) is 1.92. The van der Waals surface area contributed by atoms with Crippen molar-refractivity contribution in [3.8, 4) is 22.8 Å². The highest BCUT2D eigenvalue weighted by Crippen LogP contribution is 2.20. The molecule has 1 aromatic carbocycles. The first-order chi connectivity index (χ1) is 9.22. The van der Waals surface area contributed by atoms with Crippen LogP contribution in [0.4, 0.5) is 0 Å². The number of aryl methyl sites for hydroxylation is 1. The number of hydrogen-bond donors (Lipinski definition) is 1. The van der Waals surface area contributed by atoms with E-state index in [0.717, 1.165) is 10.6 Å². The normalized spacial score (nSPS) is 10.6. The van der Waals surface area contributed by atoms with Crippen LogP contribution in [0.15, 0.2) is 46.6 Å². The van der Waals surface area contributed by atoms with E-state index < -0.39 is 0 Å². The smallest absolute Gasteiger partial charge is 0.251 e. The van der Waals surface area contributed by atoms with E-state index in [1.165, 1.54) is 17.4 Å². The predicted octanol–water partition coefficient (Wildman–Crippen LogP) is 2.87. The number of nitrogens with one attached hydrogen (secondary N) is 1. The van der Waals surface area contributed by atoms with E-state index in [1.807, 2.05) is 42.6 Å². The number of hydrogen-bond acceptors (Lipinski definition) is 4. The summed E-state index contributed by atoms with van der Waals surface area (Å²) in [6, 6.07) is 11.1. The Balaban J connectivity index is 2.14. The Hall–Kier alpha value is -2.27. The molecule has 0 atom stereocenters. The third-order valence-electron chi connectivity index (χ3n) is 2.67. The highest BCUT2D eigenvalue weighted by Gasteiger charge is 2.08. The number of benzene rings is 1. The van der Waals surface area contributed by atoms with Crippen LogP contribution in [0.5, 0.6) is 0 Å². The van der Waals surface area contributed by atoms with Crippen molar-refractivity contribution < 1.29 is 0 Å². The second kappa shape index (κ2) is 4.78. The van der Waals surface area contributed by atoms with E-state index in [9.17, 15) is 4.79 Å². The number of H-pyrrole nitrogens is 1. The topological polar surface area (TPSA) is 58.6 Å². The van der Waals surface area contributed by atoms with Crippen molar-refractivity contribution in [1.29, 1.82) is 0 Å². The number of rotatable bonds is 2. The van der Waals surface area contributed by atoms with Gasteiger partial charge in [-0.15, -0.1) is 11.3 Å². The third-order valence-corrected chi connectivity index (χ3v) is 3.45. The Kier molecular flexibility index (Phi) is 2.97. The van der Waals surface area contributed by atoms with Gasteiger partial charge in [-0.25, -0.2) is 9.97 Å². The van der Waals surface area contributed by atoms with Crippen molar-refractivity contribution in [2.75, 3.05) is 0 Å². The third kappa shape index (κ3) is 2.46. The molecule has 0 saturated heterocycles. The minimum Gasteiger partial charge on any atom is -0.305 e. The van der Waals surface area contributed by atoms with Crippen molar-refractivity contribution in [2.24, 2.45) is 0 Å². The highest BCUT2D eigenvalue weighted by molar-refractivity contribution is 7.09. The van der Waals surface area contributed by atoms with E-state index >= 15 is 0 Å². The SMILES string of the molecule is Cc1nc(-c2nc(-c3ccccc3)cc(=O)[nH]2)cs1. The molecule has 0 aliphatic rings. The molecular weight excluding hydrogens is 258 g/mol. The fourth-order valence-electron chi connectivity index (χ4n) is 1.81. The molecule has 0 amide bonds. The van der Waals surface area contributed by atoms with Crippen LogP contribution in [0.25, 0.3) is 22.8 Å². The van der Waals surface area contributed by atoms with Crippen LogP contribution in [0, 0.1) is 6.92 Å². The van der Waals surface area contributed by atoms with Gasteiger partial charge in [-0.05, 0) is 6.92 Å². The summed E-state index contributed by atoms with van der Waals surface area (Å²) in [7, 11) is 0. The van der Waals surface area contributed by atoms with Gasteiger partial charge in [0.05, 0.1) is 10.7 Å². The Morgan fingerprint density at radius 2 is 1.89 bits per heavy atom. The molecule has 0 bridgehead atoms. The molecule has 0 spiro atoms. The average molecular weight is 269 g/mol. The van der Waals surface area contributed by atoms with Gasteiger partial charge in [0, 0.05) is 17.0 Å². The van der Waals surface area contributed by atoms with Gasteiger partial charge in [0.2, 0.25) is 0 Å². The Morgan fingerprint density at radius 3 is 2.58 bits per heavy atom. The molecule has 0 saturated carbocycles. The number of aromatic amines is 1. The van der Waals surface area contributed by atoms with Crippen molar-refractivity contribution in [3.05, 3.63) is 57.1 Å². The molecule has 1 N–H and O–H groups in total. The molecule has 4 nitrogen and oxygen atoms in total. The van der Waals surface area contributed by atoms with Crippen LogP contribution in [0.1, 0.15) is 5.01 Å². The van der Waals surface area contributed by atoms with Gasteiger partial charge < -0.3 is 4.98 Å². The molecule has 3 aromatic rings. The van der Waals surface area contributed by atoms with Gasteiger partial charge >= 0.3 is 0 Å². The second-order valence-corrected chi connectivity index (χ2v) is 5.16. The van der Waals surface area contributed by atoms with E-state index in [2.05, 4.69) is 15.0 Å². The lowest BCUT2D eigenvalue weighted by Gasteiger charge is -2.02. The lowest BCUT2D eigenvalue weighted by atomic mass is 10.1. The van der Waals surface area contributed by atoms with Crippen LogP contribution >= 0.6 is 11.3 Å². The summed E-state index contributed by atoms with van der Waals surface area (Å²) in [5.74, 6) is 0.510. The fraction of sp³-hybridized carbons (Fsp3) is 0.0714. The molecule has 0 aliphatic heterocycles. The van der Waals surface area contributed by atoms with Crippen LogP contribution < -0.4 is 5.56 Å². The first-order valence-corrected chi connectivity index (χ1v) is 6.69. The van der Waals surface area contributed by atoms with E-state index in [1.54, 1.807) is 0 Å². The zero-order valence-corrected chi connectivity index (χ0v) is 11.1. The summed E-state index contributed by atoms with van der Waals surface area (Å²) in [4.78, 5) is 23.3. The van der Waals surface area contributed by atoms with Crippen LogP contribution in [-0.2, 0) is 0 Å². The average Bonchev–Trinajstić information content (AvgIpc) is 2.86. The molecular formula is C14H11N3OS. The van der Waals surface area contributed by atoms with Crippen molar-refractivity contribution >= 4 is 11.3 Å². The van der Waals surface area contributed by atoms with Gasteiger partial charge in [-0.1, -0.05) is 30.3 Å². The first kappa shape index (κ1) is 11.8. The quantitative estimate of drug-likeness (QED) is 0.778. The fourth-order valence-corrected chi connectivity index (χ4v) is 2.41. The summed E-state index contributed by atoms with van der Waals surface area (Å²) in [5.41, 5.74) is 2.11. The standard InChI is InChI=1S/C14H11N3OS/c1-9-15-12(8-19-9)14-16-11(7-13(18)17-14)10-5-3-2-4-6-10/h2-8H,1H3,(H,16,17,18). The number of thiazole rings is 1. The van der Waals surface area contributed by atoms with Gasteiger partial charge in [0.15, 0.2) is 5.82 Å². The molecule has 5 heteroatoms. The summed E-state index contributed by atoms with van der Waals surface area (Å²) in [5, 5.41) is 2.84. The zero-order chi connectivity index (χ0) is 13.2. The Bertz CT molecular complexity index is 762. The van der Waals surface area contributed by atoms with Gasteiger partial charge in [0.25, 0.3) is 5.56 Å². The second-order valence-electron chi connectivity index (χ2n) is 4.10. The maximum atomic E-state index is 11.7. The Morgan fingerprint density at radius 1 is 1.11 bits per heavy atom. The molecule has 2 aromatic heterocycles. The van der Waals surface area contributed by atoms with E-state index in [0.29, 0.717) is 17.2 Å². The Labute approximate surface area is 113 Å². The zero-order valence-electron chi connectivity index (χ0n) is 10.3. The lowest BCUT2D eigenvalue weighted by Crippen LogP contribution is -2.08. The molecule has 3 rings (SSSR count). The summed E-state index contributed by atoms with van der Waals surface area (Å²) in [6.07, 6.45) is 0. The maximum absolute atomic E-state index is 11.7. The molecule has 94 valence electrons. The molecule has 0 radical (unpaired) electrons. The first-order valence-electron chi connectivity index (χ1n) is 5.82. The van der Waals surface area contributed by atoms with Crippen molar-refractivity contribution in [1.82, 2.24) is 15.0 Å². The lowest BCUT2D eigenvalue weighted by molar-refractivity contribution is 1.11. The maximum Gasteiger partial charge on any atom is 0.251 e. The monoisotopic (exact) mass is 269 g/mol. The van der Waals surface area contributed by atoms with Gasteiger partial charge in [-0.2, -0.15) is 0 Å². The molecule has 19 heavy (non-hydrogen) atoms. The van der Waals surface area contributed by atoms with Crippen molar-refractivity contribution in [2.45, 2.75) is 6.92 Å². The number of nitrogens with zero attached hydrogens (tertiary/aromatic N) is 2. The van der Waals surface area contributed by atoms with Crippen LogP contribution in [0.3, 0.4) is 0 Å². The minimum absolute atomic E-state index is 0.172. The molecule has 0 fully saturated rings.